The summed E-state index contributed by atoms with van der Waals surface area (Å²) in [6.07, 6.45) is 5.54. The molecule has 2 heterocycles. The third-order valence-corrected chi connectivity index (χ3v) is 4.03. The van der Waals surface area contributed by atoms with E-state index in [1.54, 1.807) is 14.2 Å². The fourth-order valence-electron chi connectivity index (χ4n) is 2.82. The summed E-state index contributed by atoms with van der Waals surface area (Å²) >= 11 is 0. The van der Waals surface area contributed by atoms with Crippen LogP contribution in [0.2, 0.25) is 0 Å². The van der Waals surface area contributed by atoms with Crippen LogP contribution in [0.5, 0.6) is 11.5 Å². The van der Waals surface area contributed by atoms with Gasteiger partial charge in [-0.15, -0.1) is 0 Å². The van der Waals surface area contributed by atoms with Gasteiger partial charge in [0.15, 0.2) is 17.5 Å². The van der Waals surface area contributed by atoms with Gasteiger partial charge in [0, 0.05) is 30.9 Å². The van der Waals surface area contributed by atoms with Gasteiger partial charge in [-0.25, -0.2) is 9.98 Å². The largest absolute Gasteiger partial charge is 0.493 e. The van der Waals surface area contributed by atoms with Crippen molar-refractivity contribution >= 4 is 11.6 Å². The average molecular weight is 329 g/mol. The summed E-state index contributed by atoms with van der Waals surface area (Å²) in [5.41, 5.74) is 7.71. The monoisotopic (exact) mass is 329 g/mol. The molecule has 7 heteroatoms. The zero-order valence-electron chi connectivity index (χ0n) is 14.1. The first-order chi connectivity index (χ1) is 11.7. The van der Waals surface area contributed by atoms with Gasteiger partial charge < -0.3 is 25.1 Å². The second-order valence-corrected chi connectivity index (χ2v) is 5.70. The number of guanidine groups is 1. The van der Waals surface area contributed by atoms with Gasteiger partial charge in [0.05, 0.1) is 26.5 Å². The van der Waals surface area contributed by atoms with Crippen LogP contribution < -0.4 is 20.5 Å². The number of aliphatic imine (C=N–C) groups is 1. The summed E-state index contributed by atoms with van der Waals surface area (Å²) in [5.74, 6) is 2.80. The van der Waals surface area contributed by atoms with Gasteiger partial charge in [0.2, 0.25) is 0 Å². The fraction of sp³-hybridized carbons (Fsp3) is 0.412. The summed E-state index contributed by atoms with van der Waals surface area (Å²) < 4.78 is 12.7. The highest BCUT2D eigenvalue weighted by Crippen LogP contribution is 2.29. The molecule has 0 aliphatic carbocycles. The third-order valence-electron chi connectivity index (χ3n) is 4.03. The van der Waals surface area contributed by atoms with E-state index in [4.69, 9.17) is 15.2 Å². The van der Waals surface area contributed by atoms with Crippen molar-refractivity contribution in [1.29, 1.82) is 0 Å². The molecule has 1 aromatic carbocycles. The lowest BCUT2D eigenvalue weighted by Gasteiger charge is -2.11. The lowest BCUT2D eigenvalue weighted by Crippen LogP contribution is -2.22. The van der Waals surface area contributed by atoms with E-state index in [0.29, 0.717) is 24.0 Å². The van der Waals surface area contributed by atoms with Gasteiger partial charge in [-0.05, 0) is 25.0 Å². The van der Waals surface area contributed by atoms with Crippen molar-refractivity contribution in [3.05, 3.63) is 35.9 Å². The van der Waals surface area contributed by atoms with Crippen molar-refractivity contribution in [2.75, 3.05) is 19.5 Å². The molecule has 0 saturated heterocycles. The van der Waals surface area contributed by atoms with Crippen molar-refractivity contribution in [1.82, 2.24) is 9.55 Å². The van der Waals surface area contributed by atoms with E-state index in [0.717, 1.165) is 30.2 Å². The van der Waals surface area contributed by atoms with Gasteiger partial charge in [0.25, 0.3) is 0 Å². The predicted octanol–water partition coefficient (Wildman–Crippen LogP) is 2.16. The van der Waals surface area contributed by atoms with E-state index >= 15 is 0 Å². The highest BCUT2D eigenvalue weighted by molar-refractivity contribution is 5.92. The number of benzene rings is 1. The first kappa shape index (κ1) is 16.2. The van der Waals surface area contributed by atoms with Crippen LogP contribution in [0.15, 0.2) is 29.4 Å². The molecular formula is C17H23N5O2. The van der Waals surface area contributed by atoms with Crippen LogP contribution in [-0.2, 0) is 19.5 Å². The normalized spacial score (nSPS) is 14.2. The number of fused-ring (bicyclic) bond motifs is 1. The molecule has 2 aromatic rings. The summed E-state index contributed by atoms with van der Waals surface area (Å²) in [6.45, 7) is 1.51. The van der Waals surface area contributed by atoms with Gasteiger partial charge >= 0.3 is 0 Å². The van der Waals surface area contributed by atoms with E-state index in [1.807, 2.05) is 18.2 Å². The molecule has 7 nitrogen and oxygen atoms in total. The summed E-state index contributed by atoms with van der Waals surface area (Å²) in [4.78, 5) is 8.98. The Hall–Kier alpha value is -2.70. The Balaban J connectivity index is 1.65. The third kappa shape index (κ3) is 3.61. The molecule has 1 aliphatic heterocycles. The number of nitrogens with zero attached hydrogens (tertiary/aromatic N) is 3. The maximum Gasteiger partial charge on any atom is 0.193 e. The Bertz CT molecular complexity index is 715. The van der Waals surface area contributed by atoms with E-state index < -0.39 is 0 Å². The quantitative estimate of drug-likeness (QED) is 0.648. The smallest absolute Gasteiger partial charge is 0.193 e. The Kier molecular flexibility index (Phi) is 4.88. The van der Waals surface area contributed by atoms with Crippen molar-refractivity contribution in [3.63, 3.8) is 0 Å². The highest BCUT2D eigenvalue weighted by atomic mass is 16.5. The molecule has 0 atom stereocenters. The number of hydrogen-bond donors (Lipinski definition) is 2. The second-order valence-electron chi connectivity index (χ2n) is 5.70. The molecule has 0 radical (unpaired) electrons. The molecule has 0 spiro atoms. The summed E-state index contributed by atoms with van der Waals surface area (Å²) in [6, 6.07) is 5.49. The Labute approximate surface area is 141 Å². The van der Waals surface area contributed by atoms with Gasteiger partial charge in [-0.3, -0.25) is 0 Å². The topological polar surface area (TPSA) is 86.7 Å². The Morgan fingerprint density at radius 1 is 1.29 bits per heavy atom. The summed E-state index contributed by atoms with van der Waals surface area (Å²) in [7, 11) is 3.20. The molecule has 0 saturated carbocycles. The van der Waals surface area contributed by atoms with Crippen LogP contribution in [0, 0.1) is 0 Å². The summed E-state index contributed by atoms with van der Waals surface area (Å²) in [5, 5.41) is 3.06. The zero-order chi connectivity index (χ0) is 16.9. The minimum absolute atomic E-state index is 0.341. The number of ether oxygens (including phenoxy) is 2. The number of aryl methyl sites for hydroxylation is 2. The average Bonchev–Trinajstić information content (AvgIpc) is 3.03. The van der Waals surface area contributed by atoms with E-state index in [9.17, 15) is 0 Å². The molecule has 1 aromatic heterocycles. The molecule has 128 valence electrons. The Morgan fingerprint density at radius 3 is 2.88 bits per heavy atom. The Morgan fingerprint density at radius 2 is 2.12 bits per heavy atom. The maximum atomic E-state index is 5.97. The molecule has 3 N–H and O–H groups in total. The number of aromatic nitrogens is 2. The van der Waals surface area contributed by atoms with Crippen LogP contribution in [0.4, 0.5) is 5.69 Å². The van der Waals surface area contributed by atoms with Crippen molar-refractivity contribution in [2.24, 2.45) is 10.7 Å². The molecule has 0 unspecified atom stereocenters. The number of imidazole rings is 1. The van der Waals surface area contributed by atoms with E-state index in [1.165, 1.54) is 12.8 Å². The molecule has 0 fully saturated rings. The van der Waals surface area contributed by atoms with Gasteiger partial charge in [-0.2, -0.15) is 0 Å². The highest BCUT2D eigenvalue weighted by Gasteiger charge is 2.11. The van der Waals surface area contributed by atoms with Gasteiger partial charge in [0.1, 0.15) is 5.82 Å². The van der Waals surface area contributed by atoms with Crippen LogP contribution in [0.3, 0.4) is 0 Å². The number of methoxy groups -OCH3 is 2. The van der Waals surface area contributed by atoms with Crippen LogP contribution in [-0.4, -0.2) is 29.7 Å². The molecule has 0 amide bonds. The molecule has 24 heavy (non-hydrogen) atoms. The number of nitrogens with two attached hydrogens (primary N) is 1. The van der Waals surface area contributed by atoms with Crippen molar-refractivity contribution < 1.29 is 9.47 Å². The van der Waals surface area contributed by atoms with Crippen molar-refractivity contribution in [3.8, 4) is 11.5 Å². The standard InChI is InChI=1S/C17H23N5O2/c1-23-14-7-6-12(9-15(14)24-2)21-17(18)19-10-13-11-22-8-4-3-5-16(22)20-13/h6-7,9,11H,3-5,8,10H2,1-2H3,(H3,18,19,21). The number of anilines is 1. The fourth-order valence-corrected chi connectivity index (χ4v) is 2.82. The first-order valence-electron chi connectivity index (χ1n) is 8.03. The maximum absolute atomic E-state index is 5.97. The zero-order valence-corrected chi connectivity index (χ0v) is 14.1. The molecule has 0 bridgehead atoms. The lowest BCUT2D eigenvalue weighted by molar-refractivity contribution is 0.355. The number of nitrogens with one attached hydrogen (secondary N) is 1. The lowest BCUT2D eigenvalue weighted by atomic mass is 10.2. The predicted molar refractivity (Wildman–Crippen MR) is 93.7 cm³/mol. The van der Waals surface area contributed by atoms with Crippen LogP contribution >= 0.6 is 0 Å². The minimum Gasteiger partial charge on any atom is -0.493 e. The van der Waals surface area contributed by atoms with E-state index in [2.05, 4.69) is 26.1 Å². The van der Waals surface area contributed by atoms with Crippen LogP contribution in [0.25, 0.3) is 0 Å². The SMILES string of the molecule is COc1ccc(NC(N)=NCc2cn3c(n2)CCCC3)cc1OC. The number of rotatable bonds is 5. The second kappa shape index (κ2) is 7.25. The van der Waals surface area contributed by atoms with E-state index in [-0.39, 0.29) is 0 Å². The first-order valence-corrected chi connectivity index (χ1v) is 8.03. The minimum atomic E-state index is 0.341. The molecule has 3 rings (SSSR count). The van der Waals surface area contributed by atoms with Gasteiger partial charge in [-0.1, -0.05) is 0 Å². The van der Waals surface area contributed by atoms with Crippen molar-refractivity contribution in [2.45, 2.75) is 32.4 Å². The van der Waals surface area contributed by atoms with Crippen LogP contribution in [0.1, 0.15) is 24.4 Å². The number of hydrogen-bond acceptors (Lipinski definition) is 4. The molecular weight excluding hydrogens is 306 g/mol. The molecule has 1 aliphatic rings.